The number of hydrogen-bond acceptors (Lipinski definition) is 5. The maximum atomic E-state index is 12.6. The van der Waals surface area contributed by atoms with Crippen LogP contribution in [-0.4, -0.2) is 35.1 Å². The van der Waals surface area contributed by atoms with Crippen LogP contribution in [0.5, 0.6) is 0 Å². The van der Waals surface area contributed by atoms with Crippen molar-refractivity contribution < 1.29 is 14.3 Å². The predicted octanol–water partition coefficient (Wildman–Crippen LogP) is 3.84. The molecule has 0 saturated carbocycles. The molecule has 0 unspecified atom stereocenters. The largest absolute Gasteiger partial charge is 0.375 e. The van der Waals surface area contributed by atoms with Crippen LogP contribution >= 0.6 is 12.2 Å². The number of carbonyl (C=O) groups is 2. The molecule has 0 aliphatic heterocycles. The van der Waals surface area contributed by atoms with Gasteiger partial charge in [0.25, 0.3) is 5.56 Å². The van der Waals surface area contributed by atoms with Gasteiger partial charge in [-0.1, -0.05) is 18.6 Å². The molecule has 0 bridgehead atoms. The SMILES string of the molecule is COCC(=O)Nc1ccc(NC(=O)CCCCCn2c(=S)[nH]c3ccccc3c2=O)cc1. The van der Waals surface area contributed by atoms with E-state index in [0.717, 1.165) is 18.4 Å². The summed E-state index contributed by atoms with van der Waals surface area (Å²) in [5.74, 6) is -0.322. The van der Waals surface area contributed by atoms with E-state index in [1.165, 1.54) is 7.11 Å². The molecule has 3 N–H and O–H groups in total. The molecule has 168 valence electrons. The summed E-state index contributed by atoms with van der Waals surface area (Å²) < 4.78 is 6.75. The average molecular weight is 455 g/mol. The Kier molecular flexibility index (Phi) is 8.29. The highest BCUT2D eigenvalue weighted by molar-refractivity contribution is 7.71. The van der Waals surface area contributed by atoms with Crippen LogP contribution in [-0.2, 0) is 20.9 Å². The number of unbranched alkanes of at least 4 members (excludes halogenated alkanes) is 2. The minimum atomic E-state index is -0.240. The standard InChI is InChI=1S/C23H26N4O4S/c1-31-15-21(29)25-17-12-10-16(11-13-17)24-20(28)9-3-2-6-14-27-22(30)18-7-4-5-8-19(18)26-23(27)32/h4-5,7-8,10-13H,2-3,6,9,14-15H2,1H3,(H,24,28)(H,25,29)(H,26,32). The van der Waals surface area contributed by atoms with E-state index in [1.54, 1.807) is 34.9 Å². The summed E-state index contributed by atoms with van der Waals surface area (Å²) in [7, 11) is 1.45. The number of carbonyl (C=O) groups excluding carboxylic acids is 2. The number of rotatable bonds is 10. The Hall–Kier alpha value is -3.30. The lowest BCUT2D eigenvalue weighted by Crippen LogP contribution is -2.22. The molecule has 3 rings (SSSR count). The molecule has 32 heavy (non-hydrogen) atoms. The number of nitrogens with one attached hydrogen (secondary N) is 3. The lowest BCUT2D eigenvalue weighted by Gasteiger charge is -2.09. The molecular weight excluding hydrogens is 428 g/mol. The molecule has 2 aromatic carbocycles. The quantitative estimate of drug-likeness (QED) is 0.319. The third-order valence-electron chi connectivity index (χ3n) is 4.90. The highest BCUT2D eigenvalue weighted by Gasteiger charge is 2.07. The van der Waals surface area contributed by atoms with Crippen molar-refractivity contribution in [2.75, 3.05) is 24.4 Å². The normalized spacial score (nSPS) is 10.8. The fourth-order valence-electron chi connectivity index (χ4n) is 3.32. The molecule has 0 radical (unpaired) electrons. The van der Waals surface area contributed by atoms with Crippen molar-refractivity contribution in [3.63, 3.8) is 0 Å². The fraction of sp³-hybridized carbons (Fsp3) is 0.304. The monoisotopic (exact) mass is 454 g/mol. The van der Waals surface area contributed by atoms with Crippen molar-refractivity contribution in [2.45, 2.75) is 32.2 Å². The van der Waals surface area contributed by atoms with Crippen molar-refractivity contribution in [3.8, 4) is 0 Å². The summed E-state index contributed by atoms with van der Waals surface area (Å²) in [6, 6.07) is 14.2. The van der Waals surface area contributed by atoms with Crippen LogP contribution in [0.15, 0.2) is 53.3 Å². The second-order valence-corrected chi connectivity index (χ2v) is 7.74. The summed E-state index contributed by atoms with van der Waals surface area (Å²) in [6.07, 6.45) is 2.63. The zero-order valence-electron chi connectivity index (χ0n) is 17.8. The number of benzene rings is 2. The third-order valence-corrected chi connectivity index (χ3v) is 5.23. The van der Waals surface area contributed by atoms with Crippen molar-refractivity contribution in [1.82, 2.24) is 9.55 Å². The Labute approximate surface area is 190 Å². The van der Waals surface area contributed by atoms with E-state index in [4.69, 9.17) is 17.0 Å². The molecule has 0 saturated heterocycles. The van der Waals surface area contributed by atoms with Crippen LogP contribution in [0.4, 0.5) is 11.4 Å². The average Bonchev–Trinajstić information content (AvgIpc) is 2.77. The Morgan fingerprint density at radius 3 is 2.31 bits per heavy atom. The number of fused-ring (bicyclic) bond motifs is 1. The summed E-state index contributed by atoms with van der Waals surface area (Å²) >= 11 is 5.32. The number of para-hydroxylation sites is 1. The van der Waals surface area contributed by atoms with Gasteiger partial charge < -0.3 is 20.4 Å². The van der Waals surface area contributed by atoms with Crippen LogP contribution < -0.4 is 16.2 Å². The van der Waals surface area contributed by atoms with Crippen LogP contribution in [0.1, 0.15) is 25.7 Å². The van der Waals surface area contributed by atoms with Gasteiger partial charge in [-0.3, -0.25) is 19.0 Å². The number of nitrogens with zero attached hydrogens (tertiary/aromatic N) is 1. The second kappa shape index (κ2) is 11.4. The van der Waals surface area contributed by atoms with Gasteiger partial charge in [-0.2, -0.15) is 0 Å². The maximum absolute atomic E-state index is 12.6. The van der Waals surface area contributed by atoms with Gasteiger partial charge in [0.05, 0.1) is 10.9 Å². The maximum Gasteiger partial charge on any atom is 0.262 e. The minimum absolute atomic E-state index is 0.0139. The zero-order valence-corrected chi connectivity index (χ0v) is 18.7. The van der Waals surface area contributed by atoms with E-state index < -0.39 is 0 Å². The highest BCUT2D eigenvalue weighted by atomic mass is 32.1. The fourth-order valence-corrected chi connectivity index (χ4v) is 3.61. The van der Waals surface area contributed by atoms with Gasteiger partial charge in [-0.25, -0.2) is 0 Å². The van der Waals surface area contributed by atoms with E-state index in [0.29, 0.717) is 40.9 Å². The number of H-pyrrole nitrogens is 1. The van der Waals surface area contributed by atoms with E-state index in [9.17, 15) is 14.4 Å². The number of aromatic nitrogens is 2. The van der Waals surface area contributed by atoms with Gasteiger partial charge in [0.15, 0.2) is 4.77 Å². The van der Waals surface area contributed by atoms with E-state index in [-0.39, 0.29) is 24.0 Å². The molecule has 1 aromatic heterocycles. The number of ether oxygens (including phenoxy) is 1. The van der Waals surface area contributed by atoms with Crippen molar-refractivity contribution in [3.05, 3.63) is 63.7 Å². The molecule has 0 atom stereocenters. The van der Waals surface area contributed by atoms with Crippen LogP contribution in [0.25, 0.3) is 10.9 Å². The molecule has 2 amide bonds. The Balaban J connectivity index is 1.42. The van der Waals surface area contributed by atoms with Crippen LogP contribution in [0.2, 0.25) is 0 Å². The van der Waals surface area contributed by atoms with E-state index >= 15 is 0 Å². The molecule has 0 aliphatic rings. The van der Waals surface area contributed by atoms with Gasteiger partial charge >= 0.3 is 0 Å². The number of amides is 2. The number of methoxy groups -OCH3 is 1. The van der Waals surface area contributed by atoms with Crippen LogP contribution in [0.3, 0.4) is 0 Å². The second-order valence-electron chi connectivity index (χ2n) is 7.35. The summed E-state index contributed by atoms with van der Waals surface area (Å²) in [5, 5.41) is 6.15. The molecule has 0 aliphatic carbocycles. The Bertz CT molecular complexity index is 1200. The minimum Gasteiger partial charge on any atom is -0.375 e. The Morgan fingerprint density at radius 2 is 1.62 bits per heavy atom. The highest BCUT2D eigenvalue weighted by Crippen LogP contribution is 2.14. The molecule has 3 aromatic rings. The molecule has 0 spiro atoms. The lowest BCUT2D eigenvalue weighted by atomic mass is 10.1. The summed E-state index contributed by atoms with van der Waals surface area (Å²) in [4.78, 5) is 39.4. The molecule has 9 heteroatoms. The summed E-state index contributed by atoms with van der Waals surface area (Å²) in [5.41, 5.74) is 1.94. The van der Waals surface area contributed by atoms with Crippen molar-refractivity contribution >= 4 is 46.3 Å². The molecular formula is C23H26N4O4S. The van der Waals surface area contributed by atoms with E-state index in [2.05, 4.69) is 15.6 Å². The first kappa shape index (κ1) is 23.4. The first-order valence-corrected chi connectivity index (χ1v) is 10.8. The van der Waals surface area contributed by atoms with Gasteiger partial charge in [0.1, 0.15) is 6.61 Å². The molecule has 0 fully saturated rings. The van der Waals surface area contributed by atoms with Gasteiger partial charge in [-0.05, 0) is 61.5 Å². The smallest absolute Gasteiger partial charge is 0.262 e. The molecule has 1 heterocycles. The summed E-state index contributed by atoms with van der Waals surface area (Å²) in [6.45, 7) is 0.497. The zero-order chi connectivity index (χ0) is 22.9. The van der Waals surface area contributed by atoms with Crippen LogP contribution in [0, 0.1) is 4.77 Å². The number of aromatic amines is 1. The first-order chi connectivity index (χ1) is 15.5. The lowest BCUT2D eigenvalue weighted by molar-refractivity contribution is -0.119. The number of anilines is 2. The predicted molar refractivity (Wildman–Crippen MR) is 127 cm³/mol. The van der Waals surface area contributed by atoms with Gasteiger partial charge in [0, 0.05) is 31.5 Å². The topological polar surface area (TPSA) is 105 Å². The van der Waals surface area contributed by atoms with Crippen molar-refractivity contribution in [2.24, 2.45) is 0 Å². The van der Waals surface area contributed by atoms with Gasteiger partial charge in [-0.15, -0.1) is 0 Å². The molecule has 8 nitrogen and oxygen atoms in total. The Morgan fingerprint density at radius 1 is 0.969 bits per heavy atom. The third kappa shape index (κ3) is 6.35. The van der Waals surface area contributed by atoms with Crippen molar-refractivity contribution in [1.29, 1.82) is 0 Å². The first-order valence-electron chi connectivity index (χ1n) is 10.4. The number of hydrogen-bond donors (Lipinski definition) is 3. The van der Waals surface area contributed by atoms with E-state index in [1.807, 2.05) is 18.2 Å². The van der Waals surface area contributed by atoms with Gasteiger partial charge in [0.2, 0.25) is 11.8 Å².